The zero-order valence-electron chi connectivity index (χ0n) is 8.96. The summed E-state index contributed by atoms with van der Waals surface area (Å²) in [5.74, 6) is 0.862. The van der Waals surface area contributed by atoms with Gasteiger partial charge in [0.25, 0.3) is 0 Å². The molecule has 2 heteroatoms. The van der Waals surface area contributed by atoms with Gasteiger partial charge in [0.15, 0.2) is 0 Å². The van der Waals surface area contributed by atoms with Gasteiger partial charge in [0.1, 0.15) is 0 Å². The molecule has 0 aromatic rings. The number of ether oxygens (including phenoxy) is 1. The summed E-state index contributed by atoms with van der Waals surface area (Å²) < 4.78 is 5.23. The molecule has 0 saturated heterocycles. The highest BCUT2D eigenvalue weighted by atomic mass is 16.5. The van der Waals surface area contributed by atoms with E-state index in [1.54, 1.807) is 7.11 Å². The molecule has 13 heavy (non-hydrogen) atoms. The van der Waals surface area contributed by atoms with Crippen LogP contribution in [0.1, 0.15) is 45.4 Å². The zero-order chi connectivity index (χ0) is 9.68. The Balaban J connectivity index is 2.21. The van der Waals surface area contributed by atoms with E-state index in [-0.39, 0.29) is 12.1 Å². The van der Waals surface area contributed by atoms with Crippen molar-refractivity contribution in [2.24, 2.45) is 11.7 Å². The summed E-state index contributed by atoms with van der Waals surface area (Å²) >= 11 is 0. The predicted molar refractivity (Wildman–Crippen MR) is 55.6 cm³/mol. The molecule has 0 aliphatic heterocycles. The summed E-state index contributed by atoms with van der Waals surface area (Å²) in [6.45, 7) is 2.06. The first-order chi connectivity index (χ1) is 6.24. The molecule has 0 bridgehead atoms. The van der Waals surface area contributed by atoms with Crippen molar-refractivity contribution in [1.82, 2.24) is 0 Å². The average Bonchev–Trinajstić information content (AvgIpc) is 2.18. The maximum Gasteiger partial charge on any atom is 0.0694 e. The summed E-state index contributed by atoms with van der Waals surface area (Å²) in [5.41, 5.74) is 6.03. The normalized spacial score (nSPS) is 24.2. The van der Waals surface area contributed by atoms with Crippen LogP contribution in [0.25, 0.3) is 0 Å². The monoisotopic (exact) mass is 185 g/mol. The van der Waals surface area contributed by atoms with E-state index in [1.807, 2.05) is 0 Å². The third-order valence-corrected chi connectivity index (χ3v) is 3.30. The highest BCUT2D eigenvalue weighted by molar-refractivity contribution is 4.75. The van der Waals surface area contributed by atoms with E-state index in [0.717, 1.165) is 12.3 Å². The quantitative estimate of drug-likeness (QED) is 0.729. The lowest BCUT2D eigenvalue weighted by molar-refractivity contribution is 0.0845. The predicted octanol–water partition coefficient (Wildman–Crippen LogP) is 2.32. The molecule has 1 fully saturated rings. The standard InChI is InChI=1S/C11H23NO/c1-9(13-2)11(12)8-10-6-4-3-5-7-10/h9-11H,3-8,12H2,1-2H3/t9?,11-/m1/s1. The molecule has 1 rings (SSSR count). The second-order valence-electron chi connectivity index (χ2n) is 4.34. The first kappa shape index (κ1) is 11.0. The molecule has 0 heterocycles. The van der Waals surface area contributed by atoms with Crippen molar-refractivity contribution in [3.63, 3.8) is 0 Å². The molecule has 1 unspecified atom stereocenters. The van der Waals surface area contributed by atoms with Crippen molar-refractivity contribution < 1.29 is 4.74 Å². The minimum absolute atomic E-state index is 0.210. The summed E-state index contributed by atoms with van der Waals surface area (Å²) in [6.07, 6.45) is 8.34. The Kier molecular flexibility index (Phi) is 4.74. The second-order valence-corrected chi connectivity index (χ2v) is 4.34. The molecule has 1 saturated carbocycles. The van der Waals surface area contributed by atoms with Gasteiger partial charge in [0, 0.05) is 13.2 Å². The molecule has 2 nitrogen and oxygen atoms in total. The Labute approximate surface area is 81.8 Å². The molecule has 78 valence electrons. The van der Waals surface area contributed by atoms with Crippen LogP contribution in [0.4, 0.5) is 0 Å². The Morgan fingerprint density at radius 3 is 2.46 bits per heavy atom. The molecular weight excluding hydrogens is 162 g/mol. The Hall–Kier alpha value is -0.0800. The number of rotatable bonds is 4. The first-order valence-corrected chi connectivity index (χ1v) is 5.52. The van der Waals surface area contributed by atoms with Gasteiger partial charge in [0.2, 0.25) is 0 Å². The van der Waals surface area contributed by atoms with Crippen LogP contribution in [0, 0.1) is 5.92 Å². The third kappa shape index (κ3) is 3.65. The van der Waals surface area contributed by atoms with E-state index in [1.165, 1.54) is 32.1 Å². The van der Waals surface area contributed by atoms with E-state index in [0.29, 0.717) is 0 Å². The summed E-state index contributed by atoms with van der Waals surface area (Å²) in [4.78, 5) is 0. The largest absolute Gasteiger partial charge is 0.380 e. The van der Waals surface area contributed by atoms with Crippen LogP contribution in [0.5, 0.6) is 0 Å². The van der Waals surface area contributed by atoms with Crippen molar-refractivity contribution in [3.05, 3.63) is 0 Å². The van der Waals surface area contributed by atoms with Crippen molar-refractivity contribution in [3.8, 4) is 0 Å². The molecule has 2 N–H and O–H groups in total. The highest BCUT2D eigenvalue weighted by Crippen LogP contribution is 2.27. The Morgan fingerprint density at radius 2 is 1.92 bits per heavy atom. The fourth-order valence-electron chi connectivity index (χ4n) is 2.17. The van der Waals surface area contributed by atoms with E-state index in [2.05, 4.69) is 6.92 Å². The van der Waals surface area contributed by atoms with Crippen LogP contribution < -0.4 is 5.73 Å². The number of hydrogen-bond donors (Lipinski definition) is 1. The summed E-state index contributed by atoms with van der Waals surface area (Å²) in [6, 6.07) is 0.230. The lowest BCUT2D eigenvalue weighted by Crippen LogP contribution is -2.36. The SMILES string of the molecule is COC(C)[C@H](N)CC1CCCCC1. The van der Waals surface area contributed by atoms with Crippen LogP contribution in [0.3, 0.4) is 0 Å². The van der Waals surface area contributed by atoms with Gasteiger partial charge in [-0.25, -0.2) is 0 Å². The van der Waals surface area contributed by atoms with Gasteiger partial charge in [-0.15, -0.1) is 0 Å². The molecule has 0 spiro atoms. The average molecular weight is 185 g/mol. The summed E-state index contributed by atoms with van der Waals surface area (Å²) in [5, 5.41) is 0. The van der Waals surface area contributed by atoms with Crippen LogP contribution >= 0.6 is 0 Å². The maximum atomic E-state index is 6.03. The molecule has 0 aromatic carbocycles. The molecule has 0 radical (unpaired) electrons. The zero-order valence-corrected chi connectivity index (χ0v) is 8.96. The van der Waals surface area contributed by atoms with E-state index in [9.17, 15) is 0 Å². The fraction of sp³-hybridized carbons (Fsp3) is 1.00. The maximum absolute atomic E-state index is 6.03. The fourth-order valence-corrected chi connectivity index (χ4v) is 2.17. The van der Waals surface area contributed by atoms with E-state index in [4.69, 9.17) is 10.5 Å². The minimum atomic E-state index is 0.210. The van der Waals surface area contributed by atoms with Gasteiger partial charge in [-0.3, -0.25) is 0 Å². The van der Waals surface area contributed by atoms with Crippen molar-refractivity contribution in [1.29, 1.82) is 0 Å². The Morgan fingerprint density at radius 1 is 1.31 bits per heavy atom. The molecule has 0 aromatic heterocycles. The smallest absolute Gasteiger partial charge is 0.0694 e. The van der Waals surface area contributed by atoms with Crippen LogP contribution in [0.2, 0.25) is 0 Å². The van der Waals surface area contributed by atoms with Crippen LogP contribution in [-0.4, -0.2) is 19.3 Å². The molecular formula is C11H23NO. The number of hydrogen-bond acceptors (Lipinski definition) is 2. The molecule has 1 aliphatic carbocycles. The number of methoxy groups -OCH3 is 1. The molecule has 1 aliphatic rings. The lowest BCUT2D eigenvalue weighted by Gasteiger charge is -2.27. The topological polar surface area (TPSA) is 35.2 Å². The molecule has 0 amide bonds. The van der Waals surface area contributed by atoms with Crippen molar-refractivity contribution in [2.75, 3.05) is 7.11 Å². The van der Waals surface area contributed by atoms with Crippen molar-refractivity contribution >= 4 is 0 Å². The summed E-state index contributed by atoms with van der Waals surface area (Å²) in [7, 11) is 1.74. The van der Waals surface area contributed by atoms with E-state index >= 15 is 0 Å². The van der Waals surface area contributed by atoms with Crippen LogP contribution in [0.15, 0.2) is 0 Å². The van der Waals surface area contributed by atoms with Gasteiger partial charge in [-0.1, -0.05) is 32.1 Å². The van der Waals surface area contributed by atoms with E-state index < -0.39 is 0 Å². The van der Waals surface area contributed by atoms with Gasteiger partial charge in [-0.05, 0) is 19.3 Å². The first-order valence-electron chi connectivity index (χ1n) is 5.52. The van der Waals surface area contributed by atoms with Gasteiger partial charge in [0.05, 0.1) is 6.10 Å². The third-order valence-electron chi connectivity index (χ3n) is 3.30. The molecule has 2 atom stereocenters. The van der Waals surface area contributed by atoms with Gasteiger partial charge < -0.3 is 10.5 Å². The van der Waals surface area contributed by atoms with Crippen LogP contribution in [-0.2, 0) is 4.74 Å². The second kappa shape index (κ2) is 5.61. The van der Waals surface area contributed by atoms with Gasteiger partial charge in [-0.2, -0.15) is 0 Å². The number of nitrogens with two attached hydrogens (primary N) is 1. The van der Waals surface area contributed by atoms with Gasteiger partial charge >= 0.3 is 0 Å². The lowest BCUT2D eigenvalue weighted by atomic mass is 9.84. The van der Waals surface area contributed by atoms with Crippen molar-refractivity contribution in [2.45, 2.75) is 57.6 Å². The minimum Gasteiger partial charge on any atom is -0.380 e. The highest BCUT2D eigenvalue weighted by Gasteiger charge is 2.19. The Bertz CT molecular complexity index is 132.